The molecule has 1 fully saturated rings. The molecule has 0 radical (unpaired) electrons. The largest absolute Gasteiger partial charge is 0.378 e. The summed E-state index contributed by atoms with van der Waals surface area (Å²) in [6.07, 6.45) is 3.20. The number of carbonyl (C=O) groups excluding carboxylic acids is 1. The molecule has 0 saturated carbocycles. The van der Waals surface area contributed by atoms with E-state index in [4.69, 9.17) is 4.74 Å². The van der Waals surface area contributed by atoms with E-state index in [1.165, 1.54) is 18.2 Å². The molecule has 0 N–H and O–H groups in total. The summed E-state index contributed by atoms with van der Waals surface area (Å²) in [6.45, 7) is 2.45. The van der Waals surface area contributed by atoms with Gasteiger partial charge in [0.25, 0.3) is 0 Å². The lowest BCUT2D eigenvalue weighted by atomic mass is 10.2. The zero-order chi connectivity index (χ0) is 12.1. The number of rotatable bonds is 2. The minimum Gasteiger partial charge on any atom is -0.378 e. The van der Waals surface area contributed by atoms with Gasteiger partial charge in [-0.25, -0.2) is 4.39 Å². The van der Waals surface area contributed by atoms with Crippen LogP contribution >= 0.6 is 0 Å². The Morgan fingerprint density at radius 3 is 2.53 bits per heavy atom. The first kappa shape index (κ1) is 11.8. The summed E-state index contributed by atoms with van der Waals surface area (Å²) < 4.78 is 17.8. The lowest BCUT2D eigenvalue weighted by molar-refractivity contribution is -0.129. The summed E-state index contributed by atoms with van der Waals surface area (Å²) in [5.41, 5.74) is 0.813. The topological polar surface area (TPSA) is 29.5 Å². The molecule has 17 heavy (non-hydrogen) atoms. The Morgan fingerprint density at radius 1 is 1.24 bits per heavy atom. The highest BCUT2D eigenvalue weighted by atomic mass is 19.1. The molecule has 0 unspecified atom stereocenters. The van der Waals surface area contributed by atoms with Gasteiger partial charge >= 0.3 is 0 Å². The molecular formula is C13H14FNO2. The molecule has 1 heterocycles. The van der Waals surface area contributed by atoms with Crippen LogP contribution < -0.4 is 0 Å². The van der Waals surface area contributed by atoms with E-state index in [-0.39, 0.29) is 11.7 Å². The number of nitrogens with zero attached hydrogens (tertiary/aromatic N) is 1. The number of carbonyl (C=O) groups is 1. The highest BCUT2D eigenvalue weighted by molar-refractivity contribution is 5.91. The molecule has 1 aromatic rings. The highest BCUT2D eigenvalue weighted by Crippen LogP contribution is 2.06. The van der Waals surface area contributed by atoms with Crippen molar-refractivity contribution >= 4 is 12.0 Å². The molecule has 2 rings (SSSR count). The van der Waals surface area contributed by atoms with Gasteiger partial charge in [-0.05, 0) is 23.8 Å². The first-order valence-electron chi connectivity index (χ1n) is 5.56. The Bertz CT molecular complexity index is 408. The van der Waals surface area contributed by atoms with Gasteiger partial charge in [-0.2, -0.15) is 0 Å². The summed E-state index contributed by atoms with van der Waals surface area (Å²) in [6, 6.07) is 6.02. The molecular weight excluding hydrogens is 221 g/mol. The second-order valence-electron chi connectivity index (χ2n) is 3.82. The van der Waals surface area contributed by atoms with Gasteiger partial charge in [0.05, 0.1) is 13.2 Å². The highest BCUT2D eigenvalue weighted by Gasteiger charge is 2.13. The molecule has 1 saturated heterocycles. The number of hydrogen-bond donors (Lipinski definition) is 0. The van der Waals surface area contributed by atoms with E-state index >= 15 is 0 Å². The molecule has 1 aliphatic heterocycles. The maximum atomic E-state index is 12.7. The lowest BCUT2D eigenvalue weighted by Gasteiger charge is -2.25. The average Bonchev–Trinajstić information content (AvgIpc) is 2.39. The van der Waals surface area contributed by atoms with Crippen LogP contribution in [0.15, 0.2) is 30.3 Å². The van der Waals surface area contributed by atoms with E-state index < -0.39 is 0 Å². The van der Waals surface area contributed by atoms with Gasteiger partial charge in [-0.1, -0.05) is 12.1 Å². The van der Waals surface area contributed by atoms with Crippen LogP contribution in [-0.2, 0) is 9.53 Å². The normalized spacial score (nSPS) is 16.4. The van der Waals surface area contributed by atoms with Crippen LogP contribution in [0.3, 0.4) is 0 Å². The Balaban J connectivity index is 1.95. The van der Waals surface area contributed by atoms with Crippen molar-refractivity contribution in [2.45, 2.75) is 0 Å². The fourth-order valence-electron chi connectivity index (χ4n) is 1.63. The summed E-state index contributed by atoms with van der Waals surface area (Å²) in [5.74, 6) is -0.306. The third kappa shape index (κ3) is 3.39. The summed E-state index contributed by atoms with van der Waals surface area (Å²) in [5, 5.41) is 0. The van der Waals surface area contributed by atoms with Gasteiger partial charge in [-0.3, -0.25) is 4.79 Å². The molecule has 0 bridgehead atoms. The van der Waals surface area contributed by atoms with Crippen molar-refractivity contribution in [2.24, 2.45) is 0 Å². The first-order valence-corrected chi connectivity index (χ1v) is 5.56. The quantitative estimate of drug-likeness (QED) is 0.730. The molecule has 90 valence electrons. The summed E-state index contributed by atoms with van der Waals surface area (Å²) >= 11 is 0. The van der Waals surface area contributed by atoms with Crippen LogP contribution in [0, 0.1) is 5.82 Å². The Labute approximate surface area is 99.5 Å². The minimum absolute atomic E-state index is 0.0300. The molecule has 1 amide bonds. The van der Waals surface area contributed by atoms with Crippen molar-refractivity contribution < 1.29 is 13.9 Å². The lowest BCUT2D eigenvalue weighted by Crippen LogP contribution is -2.39. The zero-order valence-electron chi connectivity index (χ0n) is 9.43. The fraction of sp³-hybridized carbons (Fsp3) is 0.308. The Hall–Kier alpha value is -1.68. The van der Waals surface area contributed by atoms with E-state index in [0.717, 1.165) is 5.56 Å². The van der Waals surface area contributed by atoms with Crippen molar-refractivity contribution in [3.8, 4) is 0 Å². The van der Waals surface area contributed by atoms with Crippen LogP contribution in [0.1, 0.15) is 5.56 Å². The number of morpholine rings is 1. The van der Waals surface area contributed by atoms with Crippen LogP contribution in [0.2, 0.25) is 0 Å². The molecule has 0 atom stereocenters. The van der Waals surface area contributed by atoms with E-state index in [1.54, 1.807) is 23.1 Å². The molecule has 0 aliphatic carbocycles. The smallest absolute Gasteiger partial charge is 0.246 e. The molecule has 1 aliphatic rings. The van der Waals surface area contributed by atoms with Crippen molar-refractivity contribution in [3.05, 3.63) is 41.7 Å². The van der Waals surface area contributed by atoms with Gasteiger partial charge in [0.2, 0.25) is 5.91 Å². The SMILES string of the molecule is O=C(/C=C/c1ccc(F)cc1)N1CCOCC1. The van der Waals surface area contributed by atoms with Crippen molar-refractivity contribution in [1.82, 2.24) is 4.90 Å². The second-order valence-corrected chi connectivity index (χ2v) is 3.82. The van der Waals surface area contributed by atoms with Crippen molar-refractivity contribution in [2.75, 3.05) is 26.3 Å². The number of hydrogen-bond acceptors (Lipinski definition) is 2. The number of ether oxygens (including phenoxy) is 1. The Kier molecular flexibility index (Phi) is 3.88. The molecule has 0 spiro atoms. The third-order valence-electron chi connectivity index (χ3n) is 2.61. The monoisotopic (exact) mass is 235 g/mol. The predicted molar refractivity (Wildman–Crippen MR) is 62.8 cm³/mol. The molecule has 0 aromatic heterocycles. The van der Waals surface area contributed by atoms with E-state index in [2.05, 4.69) is 0 Å². The second kappa shape index (κ2) is 5.59. The van der Waals surface area contributed by atoms with Gasteiger partial charge < -0.3 is 9.64 Å². The molecule has 1 aromatic carbocycles. The fourth-order valence-corrected chi connectivity index (χ4v) is 1.63. The van der Waals surface area contributed by atoms with Gasteiger partial charge in [0, 0.05) is 19.2 Å². The predicted octanol–water partition coefficient (Wildman–Crippen LogP) is 1.70. The molecule has 4 heteroatoms. The standard InChI is InChI=1S/C13H14FNO2/c14-12-4-1-11(2-5-12)3-6-13(16)15-7-9-17-10-8-15/h1-6H,7-10H2/b6-3+. The van der Waals surface area contributed by atoms with Gasteiger partial charge in [-0.15, -0.1) is 0 Å². The van der Waals surface area contributed by atoms with Gasteiger partial charge in [0.15, 0.2) is 0 Å². The first-order chi connectivity index (χ1) is 8.25. The van der Waals surface area contributed by atoms with Crippen LogP contribution in [0.4, 0.5) is 4.39 Å². The van der Waals surface area contributed by atoms with Gasteiger partial charge in [0.1, 0.15) is 5.82 Å². The Morgan fingerprint density at radius 2 is 1.88 bits per heavy atom. The van der Waals surface area contributed by atoms with Crippen molar-refractivity contribution in [3.63, 3.8) is 0 Å². The maximum Gasteiger partial charge on any atom is 0.246 e. The summed E-state index contributed by atoms with van der Waals surface area (Å²) in [7, 11) is 0. The van der Waals surface area contributed by atoms with E-state index in [1.807, 2.05) is 0 Å². The van der Waals surface area contributed by atoms with E-state index in [0.29, 0.717) is 26.3 Å². The van der Waals surface area contributed by atoms with Crippen LogP contribution in [0.5, 0.6) is 0 Å². The van der Waals surface area contributed by atoms with E-state index in [9.17, 15) is 9.18 Å². The van der Waals surface area contributed by atoms with Crippen molar-refractivity contribution in [1.29, 1.82) is 0 Å². The number of halogens is 1. The average molecular weight is 235 g/mol. The number of benzene rings is 1. The third-order valence-corrected chi connectivity index (χ3v) is 2.61. The zero-order valence-corrected chi connectivity index (χ0v) is 9.43. The number of amides is 1. The van der Waals surface area contributed by atoms with Crippen LogP contribution in [0.25, 0.3) is 6.08 Å². The summed E-state index contributed by atoms with van der Waals surface area (Å²) in [4.78, 5) is 13.5. The maximum absolute atomic E-state index is 12.7. The minimum atomic E-state index is -0.276. The van der Waals surface area contributed by atoms with Crippen LogP contribution in [-0.4, -0.2) is 37.1 Å². The molecule has 3 nitrogen and oxygen atoms in total.